The molecule has 0 heterocycles. The molecule has 10 rings (SSSR count). The van der Waals surface area contributed by atoms with Crippen molar-refractivity contribution in [2.45, 2.75) is 110 Å². The monoisotopic (exact) mass is 954 g/mol. The number of benzene rings is 6. The number of nitriles is 4. The van der Waals surface area contributed by atoms with E-state index in [2.05, 4.69) is 48.5 Å². The number of carbonyl (C=O) groups is 2. The summed E-state index contributed by atoms with van der Waals surface area (Å²) >= 11 is 0. The van der Waals surface area contributed by atoms with Crippen LogP contribution >= 0.6 is 0 Å². The number of carboxylic acids is 1. The lowest BCUT2D eigenvalue weighted by atomic mass is 9.72. The molecule has 6 aromatic rings. The maximum atomic E-state index is 11.1. The minimum Gasteiger partial charge on any atom is -0.508 e. The Kier molecular flexibility index (Phi) is 14.4. The van der Waals surface area contributed by atoms with Crippen molar-refractivity contribution < 1.29 is 34.4 Å². The molecule has 11 heteroatoms. The predicted octanol–water partition coefficient (Wildman–Crippen LogP) is 11.9. The zero-order chi connectivity index (χ0) is 50.5. The molecule has 3 N–H and O–H groups in total. The van der Waals surface area contributed by atoms with E-state index in [0.29, 0.717) is 80.4 Å². The third-order valence-corrected chi connectivity index (χ3v) is 14.6. The molecule has 0 saturated heterocycles. The summed E-state index contributed by atoms with van der Waals surface area (Å²) in [5.74, 6) is 1.54. The van der Waals surface area contributed by atoms with E-state index >= 15 is 0 Å². The molecule has 72 heavy (non-hydrogen) atoms. The highest BCUT2D eigenvalue weighted by Crippen LogP contribution is 2.51. The van der Waals surface area contributed by atoms with Gasteiger partial charge in [0, 0.05) is 12.8 Å². The number of phenolic OH excluding ortho intramolecular Hbond substituents is 2. The molecule has 6 aromatic carbocycles. The molecule has 0 radical (unpaired) electrons. The Morgan fingerprint density at radius 2 is 0.792 bits per heavy atom. The third-order valence-electron chi connectivity index (χ3n) is 14.6. The Balaban J connectivity index is 0.000000178. The Morgan fingerprint density at radius 3 is 1.12 bits per heavy atom. The van der Waals surface area contributed by atoms with Crippen LogP contribution in [0.5, 0.6) is 23.0 Å². The average Bonchev–Trinajstić information content (AvgIpc) is 3.38. The summed E-state index contributed by atoms with van der Waals surface area (Å²) < 4.78 is 12.0. The van der Waals surface area contributed by atoms with Gasteiger partial charge in [-0.25, -0.2) is 0 Å². The molecule has 11 nitrogen and oxygen atoms in total. The van der Waals surface area contributed by atoms with Crippen LogP contribution in [-0.2, 0) is 61.0 Å². The summed E-state index contributed by atoms with van der Waals surface area (Å²) in [6.07, 6.45) is 11.5. The highest BCUT2D eigenvalue weighted by atomic mass is 16.5. The number of carbonyl (C=O) groups excluding carboxylic acids is 1. The molecule has 0 aromatic heterocycles. The molecule has 0 unspecified atom stereocenters. The smallest absolute Gasteiger partial charge is 0.303 e. The quantitative estimate of drug-likeness (QED) is 0.0875. The fourth-order valence-corrected chi connectivity index (χ4v) is 11.3. The molecule has 0 fully saturated rings. The van der Waals surface area contributed by atoms with Gasteiger partial charge in [0.2, 0.25) is 0 Å². The standard InChI is InChI=1S/C31H28N2O3.C30H26N2O4/c1-19(34)5-3-2-4-14-36-23-9-13-25-21(16-23)7-11-27-29(18-33)28(17-32)26-10-6-20-15-22(35)8-12-24(20)30(26)31(25)27;31-16-26-24-9-5-18-14-20(33)7-11-22(18)29(24)30-23-12-8-21(36-13-3-1-2-4-28(34)35)15-19(23)6-10-25(30)27(26)17-32/h8-9,12-13,15-16,35H,2-7,10-11,14H2,1H3;7-8,11-12,14-15,33H,1-6,9-10,13H2,(H,34,35). The van der Waals surface area contributed by atoms with Gasteiger partial charge in [-0.1, -0.05) is 24.3 Å². The summed E-state index contributed by atoms with van der Waals surface area (Å²) in [5, 5.41) is 69.0. The van der Waals surface area contributed by atoms with Crippen LogP contribution in [0.2, 0.25) is 0 Å². The number of rotatable bonds is 14. The maximum Gasteiger partial charge on any atom is 0.303 e. The number of unbranched alkanes of at least 4 members (excludes halogenated alkanes) is 4. The number of hydrogen-bond donors (Lipinski definition) is 3. The van der Waals surface area contributed by atoms with Gasteiger partial charge in [-0.15, -0.1) is 0 Å². The number of fused-ring (bicyclic) bond motifs is 14. The molecule has 360 valence electrons. The Morgan fingerprint density at radius 1 is 0.458 bits per heavy atom. The summed E-state index contributed by atoms with van der Waals surface area (Å²) in [5.41, 5.74) is 18.4. The van der Waals surface area contributed by atoms with Gasteiger partial charge in [0.25, 0.3) is 0 Å². The van der Waals surface area contributed by atoms with Crippen LogP contribution in [0.15, 0.2) is 72.8 Å². The average molecular weight is 955 g/mol. The van der Waals surface area contributed by atoms with E-state index in [1.54, 1.807) is 25.1 Å². The van der Waals surface area contributed by atoms with Gasteiger partial charge < -0.3 is 29.6 Å². The summed E-state index contributed by atoms with van der Waals surface area (Å²) in [4.78, 5) is 21.7. The van der Waals surface area contributed by atoms with Crippen LogP contribution in [0.4, 0.5) is 0 Å². The first kappa shape index (κ1) is 48.6. The lowest BCUT2D eigenvalue weighted by Gasteiger charge is -2.31. The second-order valence-electron chi connectivity index (χ2n) is 19.1. The van der Waals surface area contributed by atoms with Crippen molar-refractivity contribution in [3.8, 4) is 91.8 Å². The normalized spacial score (nSPS) is 12.8. The fourth-order valence-electron chi connectivity index (χ4n) is 11.3. The second-order valence-corrected chi connectivity index (χ2v) is 19.1. The van der Waals surface area contributed by atoms with Gasteiger partial charge in [0.05, 0.1) is 35.5 Å². The molecule has 0 bridgehead atoms. The van der Waals surface area contributed by atoms with Crippen molar-refractivity contribution in [3.63, 3.8) is 0 Å². The number of phenols is 2. The number of ether oxygens (including phenoxy) is 2. The first-order valence-electron chi connectivity index (χ1n) is 24.9. The van der Waals surface area contributed by atoms with Gasteiger partial charge in [0.15, 0.2) is 0 Å². The molecule has 0 saturated carbocycles. The van der Waals surface area contributed by atoms with Crippen molar-refractivity contribution in [1.82, 2.24) is 0 Å². The summed E-state index contributed by atoms with van der Waals surface area (Å²) in [7, 11) is 0. The molecule has 4 aliphatic carbocycles. The molecular formula is C61H54N4O7. The van der Waals surface area contributed by atoms with Crippen molar-refractivity contribution in [2.75, 3.05) is 13.2 Å². The van der Waals surface area contributed by atoms with Gasteiger partial charge >= 0.3 is 5.97 Å². The van der Waals surface area contributed by atoms with Gasteiger partial charge in [0.1, 0.15) is 53.1 Å². The number of aromatic hydroxyl groups is 2. The van der Waals surface area contributed by atoms with Crippen molar-refractivity contribution in [2.24, 2.45) is 0 Å². The SMILES string of the molecule is CC(=O)CCCCCOc1ccc2c(c1)CCc1c(C#N)c(C#N)c3c(c1-2)-c1ccc(O)cc1CC3.N#Cc1c(C#N)c2c(c3c1CCc1cc(O)ccc1-3)-c1ccc(OCCCCCC(=O)O)cc1CC2. The van der Waals surface area contributed by atoms with Crippen LogP contribution < -0.4 is 9.47 Å². The van der Waals surface area contributed by atoms with E-state index in [-0.39, 0.29) is 23.7 Å². The highest BCUT2D eigenvalue weighted by molar-refractivity contribution is 5.97. The Hall–Kier alpha value is -8.38. The van der Waals surface area contributed by atoms with E-state index in [9.17, 15) is 40.8 Å². The minimum atomic E-state index is -0.769. The number of hydrogen-bond acceptors (Lipinski definition) is 10. The number of ketones is 1. The van der Waals surface area contributed by atoms with E-state index < -0.39 is 5.97 Å². The predicted molar refractivity (Wildman–Crippen MR) is 273 cm³/mol. The summed E-state index contributed by atoms with van der Waals surface area (Å²) in [6, 6.07) is 32.4. The number of aryl methyl sites for hydroxylation is 4. The van der Waals surface area contributed by atoms with Gasteiger partial charge in [-0.05, 0) is 234 Å². The minimum absolute atomic E-state index is 0.184. The third kappa shape index (κ3) is 9.60. The summed E-state index contributed by atoms with van der Waals surface area (Å²) in [6.45, 7) is 2.77. The Bertz CT molecular complexity index is 3140. The van der Waals surface area contributed by atoms with E-state index in [1.165, 1.54) is 5.56 Å². The molecule has 0 aliphatic heterocycles. The van der Waals surface area contributed by atoms with E-state index in [1.807, 2.05) is 30.3 Å². The second kappa shape index (κ2) is 21.3. The lowest BCUT2D eigenvalue weighted by molar-refractivity contribution is -0.137. The first-order valence-corrected chi connectivity index (χ1v) is 24.9. The maximum absolute atomic E-state index is 11.1. The van der Waals surface area contributed by atoms with Crippen molar-refractivity contribution in [3.05, 3.63) is 140 Å². The topological polar surface area (TPSA) is 208 Å². The van der Waals surface area contributed by atoms with Crippen LogP contribution in [0.1, 0.15) is 125 Å². The zero-order valence-corrected chi connectivity index (χ0v) is 40.4. The molecule has 4 aliphatic rings. The van der Waals surface area contributed by atoms with Crippen LogP contribution in [-0.4, -0.2) is 40.3 Å². The first-order chi connectivity index (χ1) is 35.0. The molecular weight excluding hydrogens is 901 g/mol. The lowest BCUT2D eigenvalue weighted by Crippen LogP contribution is -2.15. The van der Waals surface area contributed by atoms with Crippen LogP contribution in [0.3, 0.4) is 0 Å². The van der Waals surface area contributed by atoms with Crippen molar-refractivity contribution >= 4 is 11.8 Å². The highest BCUT2D eigenvalue weighted by Gasteiger charge is 2.34. The van der Waals surface area contributed by atoms with E-state index in [4.69, 9.17) is 14.6 Å². The van der Waals surface area contributed by atoms with Gasteiger partial charge in [-0.3, -0.25) is 4.79 Å². The van der Waals surface area contributed by atoms with E-state index in [0.717, 1.165) is 146 Å². The zero-order valence-electron chi connectivity index (χ0n) is 40.4. The van der Waals surface area contributed by atoms with Crippen molar-refractivity contribution in [1.29, 1.82) is 21.0 Å². The largest absolute Gasteiger partial charge is 0.508 e. The van der Waals surface area contributed by atoms with Crippen LogP contribution in [0.25, 0.3) is 44.5 Å². The molecule has 0 atom stereocenters. The van der Waals surface area contributed by atoms with Gasteiger partial charge in [-0.2, -0.15) is 21.0 Å². The fraction of sp³-hybridized carbons (Fsp3) is 0.311. The Labute approximate surface area is 419 Å². The number of carboxylic acid groups (broad SMARTS) is 1. The number of aliphatic carboxylic acids is 1. The number of Topliss-reactive ketones (excluding diaryl/α,β-unsaturated/α-hetero) is 1. The number of nitrogens with zero attached hydrogens (tertiary/aromatic N) is 4. The molecule has 0 spiro atoms. The van der Waals surface area contributed by atoms with Crippen LogP contribution in [0, 0.1) is 45.3 Å². The molecule has 0 amide bonds.